The van der Waals surface area contributed by atoms with E-state index in [-0.39, 0.29) is 23.7 Å². The number of rotatable bonds is 4. The Morgan fingerprint density at radius 3 is 2.82 bits per heavy atom. The minimum absolute atomic E-state index is 0.0577. The van der Waals surface area contributed by atoms with Crippen LogP contribution in [-0.2, 0) is 9.53 Å². The molecule has 0 aromatic carbocycles. The number of thioether (sulfide) groups is 1. The van der Waals surface area contributed by atoms with Gasteiger partial charge in [0.15, 0.2) is 0 Å². The van der Waals surface area contributed by atoms with Crippen LogP contribution >= 0.6 is 11.8 Å². The highest BCUT2D eigenvalue weighted by Crippen LogP contribution is 2.21. The number of carbonyl (C=O) groups excluding carboxylic acids is 1. The molecule has 1 rings (SSSR count). The van der Waals surface area contributed by atoms with Gasteiger partial charge in [-0.15, -0.1) is 0 Å². The van der Waals surface area contributed by atoms with Crippen molar-refractivity contribution in [1.82, 2.24) is 4.90 Å². The zero-order valence-electron chi connectivity index (χ0n) is 11.2. The molecule has 4 nitrogen and oxygen atoms in total. The molecule has 1 aliphatic rings. The molecule has 1 fully saturated rings. The number of amides is 1. The summed E-state index contributed by atoms with van der Waals surface area (Å²) in [6.45, 7) is 7.29. The summed E-state index contributed by atoms with van der Waals surface area (Å²) in [4.78, 5) is 14.0. The molecule has 1 amide bonds. The lowest BCUT2D eigenvalue weighted by Gasteiger charge is -2.42. The molecule has 5 heteroatoms. The van der Waals surface area contributed by atoms with Crippen molar-refractivity contribution >= 4 is 17.7 Å². The molecule has 0 radical (unpaired) electrons. The van der Waals surface area contributed by atoms with E-state index in [4.69, 9.17) is 10.5 Å². The topological polar surface area (TPSA) is 55.6 Å². The van der Waals surface area contributed by atoms with Gasteiger partial charge in [0.1, 0.15) is 0 Å². The van der Waals surface area contributed by atoms with Crippen LogP contribution in [-0.4, -0.2) is 53.7 Å². The van der Waals surface area contributed by atoms with Crippen LogP contribution in [0.4, 0.5) is 0 Å². The Kier molecular flexibility index (Phi) is 5.28. The average molecular weight is 260 g/mol. The molecule has 2 atom stereocenters. The monoisotopic (exact) mass is 260 g/mol. The smallest absolute Gasteiger partial charge is 0.239 e. The van der Waals surface area contributed by atoms with E-state index in [2.05, 4.69) is 0 Å². The molecule has 0 unspecified atom stereocenters. The summed E-state index contributed by atoms with van der Waals surface area (Å²) in [5, 5.41) is 0. The Bertz CT molecular complexity index is 271. The fourth-order valence-electron chi connectivity index (χ4n) is 2.22. The first-order valence-electron chi connectivity index (χ1n) is 6.07. The Balaban J connectivity index is 2.56. The van der Waals surface area contributed by atoms with Crippen LogP contribution in [0.3, 0.4) is 0 Å². The second-order valence-electron chi connectivity index (χ2n) is 5.29. The molecule has 0 aliphatic carbocycles. The largest absolute Gasteiger partial charge is 0.369 e. The van der Waals surface area contributed by atoms with Crippen molar-refractivity contribution in [2.75, 3.05) is 25.1 Å². The lowest BCUT2D eigenvalue weighted by Crippen LogP contribution is -2.57. The van der Waals surface area contributed by atoms with Crippen molar-refractivity contribution in [2.24, 2.45) is 5.73 Å². The number of hydrogen-bond donors (Lipinski definition) is 1. The van der Waals surface area contributed by atoms with E-state index in [1.54, 1.807) is 11.8 Å². The SMILES string of the molecule is CSCC[C@H](N)C(=O)N1C[C@@H](C)OC(C)(C)C1. The van der Waals surface area contributed by atoms with E-state index in [9.17, 15) is 4.79 Å². The van der Waals surface area contributed by atoms with Gasteiger partial charge in [0, 0.05) is 13.1 Å². The molecule has 100 valence electrons. The van der Waals surface area contributed by atoms with Gasteiger partial charge in [-0.2, -0.15) is 11.8 Å². The normalized spacial score (nSPS) is 25.7. The van der Waals surface area contributed by atoms with E-state index in [1.165, 1.54) is 0 Å². The van der Waals surface area contributed by atoms with Gasteiger partial charge in [-0.1, -0.05) is 0 Å². The third-order valence-electron chi connectivity index (χ3n) is 2.83. The number of nitrogens with zero attached hydrogens (tertiary/aromatic N) is 1. The number of nitrogens with two attached hydrogens (primary N) is 1. The molecular formula is C12H24N2O2S. The first kappa shape index (κ1) is 14.8. The highest BCUT2D eigenvalue weighted by atomic mass is 32.2. The lowest BCUT2D eigenvalue weighted by atomic mass is 10.0. The van der Waals surface area contributed by atoms with Crippen LogP contribution in [0.25, 0.3) is 0 Å². The quantitative estimate of drug-likeness (QED) is 0.822. The molecule has 0 aromatic rings. The number of carbonyl (C=O) groups is 1. The third kappa shape index (κ3) is 4.48. The lowest BCUT2D eigenvalue weighted by molar-refractivity contribution is -0.159. The van der Waals surface area contributed by atoms with Gasteiger partial charge in [0.05, 0.1) is 17.7 Å². The summed E-state index contributed by atoms with van der Waals surface area (Å²) in [5.74, 6) is 0.984. The predicted molar refractivity (Wildman–Crippen MR) is 72.2 cm³/mol. The molecular weight excluding hydrogens is 236 g/mol. The number of hydrogen-bond acceptors (Lipinski definition) is 4. The molecule has 0 aromatic heterocycles. The highest BCUT2D eigenvalue weighted by Gasteiger charge is 2.35. The van der Waals surface area contributed by atoms with Crippen LogP contribution in [0.1, 0.15) is 27.2 Å². The van der Waals surface area contributed by atoms with Crippen molar-refractivity contribution in [3.05, 3.63) is 0 Å². The third-order valence-corrected chi connectivity index (χ3v) is 3.48. The minimum Gasteiger partial charge on any atom is -0.369 e. The average Bonchev–Trinajstić information content (AvgIpc) is 2.21. The summed E-state index contributed by atoms with van der Waals surface area (Å²) in [7, 11) is 0. The Labute approximate surface area is 108 Å². The number of ether oxygens (including phenoxy) is 1. The van der Waals surface area contributed by atoms with Crippen molar-refractivity contribution in [3.63, 3.8) is 0 Å². The van der Waals surface area contributed by atoms with Crippen LogP contribution in [0.2, 0.25) is 0 Å². The van der Waals surface area contributed by atoms with Crippen molar-refractivity contribution in [2.45, 2.75) is 44.9 Å². The Hall–Kier alpha value is -0.260. The van der Waals surface area contributed by atoms with Crippen LogP contribution in [0, 0.1) is 0 Å². The maximum Gasteiger partial charge on any atom is 0.239 e. The fraction of sp³-hybridized carbons (Fsp3) is 0.917. The second kappa shape index (κ2) is 6.07. The molecule has 0 spiro atoms. The zero-order chi connectivity index (χ0) is 13.1. The van der Waals surface area contributed by atoms with Gasteiger partial charge in [0.25, 0.3) is 0 Å². The van der Waals surface area contributed by atoms with E-state index >= 15 is 0 Å². The van der Waals surface area contributed by atoms with E-state index in [1.807, 2.05) is 31.9 Å². The summed E-state index contributed by atoms with van der Waals surface area (Å²) >= 11 is 1.72. The molecule has 1 saturated heterocycles. The van der Waals surface area contributed by atoms with Crippen molar-refractivity contribution < 1.29 is 9.53 Å². The van der Waals surface area contributed by atoms with Crippen molar-refractivity contribution in [1.29, 1.82) is 0 Å². The van der Waals surface area contributed by atoms with Gasteiger partial charge in [-0.3, -0.25) is 4.79 Å². The molecule has 0 bridgehead atoms. The van der Waals surface area contributed by atoms with Crippen LogP contribution in [0.5, 0.6) is 0 Å². The second-order valence-corrected chi connectivity index (χ2v) is 6.28. The summed E-state index contributed by atoms with van der Waals surface area (Å²) < 4.78 is 5.78. The Morgan fingerprint density at radius 1 is 1.65 bits per heavy atom. The maximum absolute atomic E-state index is 12.2. The molecule has 0 saturated carbocycles. The summed E-state index contributed by atoms with van der Waals surface area (Å²) in [5.41, 5.74) is 5.65. The fourth-order valence-corrected chi connectivity index (χ4v) is 2.71. The maximum atomic E-state index is 12.2. The standard InChI is InChI=1S/C12H24N2O2S/c1-9-7-14(8-12(2,3)16-9)11(15)10(13)5-6-17-4/h9-10H,5-8,13H2,1-4H3/t9-,10+/m1/s1. The highest BCUT2D eigenvalue weighted by molar-refractivity contribution is 7.98. The molecule has 2 N–H and O–H groups in total. The first-order chi connectivity index (χ1) is 7.85. The predicted octanol–water partition coefficient (Wildman–Crippen LogP) is 1.09. The van der Waals surface area contributed by atoms with Gasteiger partial charge >= 0.3 is 0 Å². The van der Waals surface area contributed by atoms with E-state index in [0.29, 0.717) is 13.1 Å². The van der Waals surface area contributed by atoms with Gasteiger partial charge in [-0.25, -0.2) is 0 Å². The minimum atomic E-state index is -0.372. The number of morpholine rings is 1. The zero-order valence-corrected chi connectivity index (χ0v) is 12.0. The van der Waals surface area contributed by atoms with Gasteiger partial charge in [0.2, 0.25) is 5.91 Å². The van der Waals surface area contributed by atoms with Gasteiger partial charge in [-0.05, 0) is 39.2 Å². The summed E-state index contributed by atoms with van der Waals surface area (Å²) in [6, 6.07) is -0.372. The molecule has 1 heterocycles. The van der Waals surface area contributed by atoms with Gasteiger partial charge < -0.3 is 15.4 Å². The van der Waals surface area contributed by atoms with Crippen molar-refractivity contribution in [3.8, 4) is 0 Å². The van der Waals surface area contributed by atoms with Crippen LogP contribution in [0.15, 0.2) is 0 Å². The van der Waals surface area contributed by atoms with Crippen LogP contribution < -0.4 is 5.73 Å². The van der Waals surface area contributed by atoms with E-state index < -0.39 is 0 Å². The first-order valence-corrected chi connectivity index (χ1v) is 7.46. The van der Waals surface area contributed by atoms with E-state index in [0.717, 1.165) is 12.2 Å². The Morgan fingerprint density at radius 2 is 2.29 bits per heavy atom. The molecule has 17 heavy (non-hydrogen) atoms. The molecule has 1 aliphatic heterocycles. The summed E-state index contributed by atoms with van der Waals surface area (Å²) in [6.07, 6.45) is 2.85.